The van der Waals surface area contributed by atoms with E-state index in [4.69, 9.17) is 45.6 Å². The zero-order valence-corrected chi connectivity index (χ0v) is 26.1. The molecule has 2 aromatic heterocycles. The molecule has 0 spiro atoms. The number of carboxylic acid groups (broad SMARTS) is 1. The standard InChI is InChI=1S/C14H13ClFN3O3S2.C10H5Cl2F3N4O2/c15-8-5-9(16)10(6-11(8)23-7-12(20)21)17-13-18-3-1-2-4-19(18)14(22)24-13;11-5-1-4(10(13,14)15)2-6(12)8(5)18-9(16)7(3-17-18)19(20)21/h5-6H,1-4,7H2,(H,20,21);1-3H,16H2. The maximum absolute atomic E-state index is 14.2. The molecule has 0 bridgehead atoms. The Kier molecular flexibility index (Phi) is 10.5. The molecule has 3 N–H and O–H groups in total. The number of nitro groups is 1. The minimum atomic E-state index is -4.63. The van der Waals surface area contributed by atoms with E-state index in [2.05, 4.69) is 10.1 Å². The molecule has 1 aliphatic rings. The molecule has 0 fully saturated rings. The molecule has 0 atom stereocenters. The van der Waals surface area contributed by atoms with Crippen LogP contribution in [0.1, 0.15) is 18.4 Å². The molecule has 0 saturated heterocycles. The highest BCUT2D eigenvalue weighted by atomic mass is 35.5. The van der Waals surface area contributed by atoms with Crippen LogP contribution in [0.5, 0.6) is 0 Å². The highest BCUT2D eigenvalue weighted by Crippen LogP contribution is 2.39. The number of anilines is 1. The van der Waals surface area contributed by atoms with Crippen LogP contribution >= 0.6 is 57.9 Å². The van der Waals surface area contributed by atoms with Gasteiger partial charge < -0.3 is 10.8 Å². The number of fused-ring (bicyclic) bond motifs is 1. The number of alkyl halides is 3. The van der Waals surface area contributed by atoms with Crippen LogP contribution in [0.4, 0.5) is 34.8 Å². The number of carboxylic acids is 1. The lowest BCUT2D eigenvalue weighted by molar-refractivity contribution is -0.383. The maximum atomic E-state index is 14.2. The lowest BCUT2D eigenvalue weighted by Crippen LogP contribution is -2.31. The van der Waals surface area contributed by atoms with Gasteiger partial charge in [0, 0.05) is 18.0 Å². The van der Waals surface area contributed by atoms with E-state index in [0.29, 0.717) is 34.9 Å². The van der Waals surface area contributed by atoms with Crippen LogP contribution in [0.3, 0.4) is 0 Å². The van der Waals surface area contributed by atoms with Crippen LogP contribution in [0.25, 0.3) is 5.69 Å². The van der Waals surface area contributed by atoms with Gasteiger partial charge in [-0.3, -0.25) is 24.4 Å². The van der Waals surface area contributed by atoms with E-state index in [1.54, 1.807) is 9.36 Å². The number of aromatic nitrogens is 4. The summed E-state index contributed by atoms with van der Waals surface area (Å²) in [5, 5.41) is 22.4. The molecule has 12 nitrogen and oxygen atoms in total. The van der Waals surface area contributed by atoms with E-state index in [1.807, 2.05) is 0 Å². The summed E-state index contributed by atoms with van der Waals surface area (Å²) < 4.78 is 56.2. The Hall–Kier alpha value is -3.58. The highest BCUT2D eigenvalue weighted by molar-refractivity contribution is 8.00. The number of hydrogen-bond donors (Lipinski definition) is 2. The molecule has 0 amide bonds. The molecule has 2 aromatic carbocycles. The summed E-state index contributed by atoms with van der Waals surface area (Å²) in [5.74, 6) is -2.19. The Labute approximate surface area is 272 Å². The molecule has 1 aliphatic heterocycles. The van der Waals surface area contributed by atoms with Crippen molar-refractivity contribution < 1.29 is 32.4 Å². The van der Waals surface area contributed by atoms with Gasteiger partial charge in [-0.25, -0.2) is 18.7 Å². The first-order chi connectivity index (χ1) is 21.1. The summed E-state index contributed by atoms with van der Waals surface area (Å²) in [5.41, 5.74) is 3.82. The molecule has 21 heteroatoms. The maximum Gasteiger partial charge on any atom is 0.416 e. The number of thioether (sulfide) groups is 1. The number of rotatable bonds is 6. The Balaban J connectivity index is 0.000000207. The molecule has 0 aliphatic carbocycles. The van der Waals surface area contributed by atoms with Crippen LogP contribution in [0.15, 0.2) is 45.1 Å². The summed E-state index contributed by atoms with van der Waals surface area (Å²) in [6.07, 6.45) is -1.92. The molecule has 4 aromatic rings. The van der Waals surface area contributed by atoms with Crippen LogP contribution in [0.2, 0.25) is 15.1 Å². The zero-order valence-electron chi connectivity index (χ0n) is 22.2. The Bertz CT molecular complexity index is 1900. The third-order valence-electron chi connectivity index (χ3n) is 6.00. The second-order valence-electron chi connectivity index (χ2n) is 9.00. The normalized spacial score (nSPS) is 13.3. The minimum Gasteiger partial charge on any atom is -0.481 e. The van der Waals surface area contributed by atoms with E-state index in [1.165, 1.54) is 6.07 Å². The zero-order chi connectivity index (χ0) is 33.2. The third kappa shape index (κ3) is 7.81. The molecule has 0 radical (unpaired) electrons. The smallest absolute Gasteiger partial charge is 0.416 e. The van der Waals surface area contributed by atoms with Crippen molar-refractivity contribution in [1.29, 1.82) is 0 Å². The number of aliphatic carboxylic acids is 1. The molecular formula is C24H18Cl3F4N7O5S2. The number of halogens is 7. The topological polar surface area (TPSA) is 164 Å². The van der Waals surface area contributed by atoms with Crippen molar-refractivity contribution in [1.82, 2.24) is 19.1 Å². The molecule has 3 heterocycles. The average Bonchev–Trinajstić information content (AvgIpc) is 3.48. The van der Waals surface area contributed by atoms with E-state index in [0.717, 1.165) is 52.9 Å². The monoisotopic (exact) mass is 729 g/mol. The lowest BCUT2D eigenvalue weighted by atomic mass is 10.2. The van der Waals surface area contributed by atoms with Crippen molar-refractivity contribution in [2.45, 2.75) is 37.0 Å². The van der Waals surface area contributed by atoms with Gasteiger partial charge in [0.25, 0.3) is 0 Å². The van der Waals surface area contributed by atoms with Crippen LogP contribution < -0.4 is 15.4 Å². The van der Waals surface area contributed by atoms with Gasteiger partial charge in [-0.15, -0.1) is 11.8 Å². The second-order valence-corrected chi connectivity index (χ2v) is 12.2. The van der Waals surface area contributed by atoms with Gasteiger partial charge in [0.1, 0.15) is 23.4 Å². The van der Waals surface area contributed by atoms with Crippen LogP contribution in [0, 0.1) is 15.9 Å². The average molecular weight is 731 g/mol. The first-order valence-corrected chi connectivity index (χ1v) is 15.3. The van der Waals surface area contributed by atoms with E-state index in [-0.39, 0.29) is 37.1 Å². The van der Waals surface area contributed by atoms with Gasteiger partial charge in [-0.05, 0) is 48.4 Å². The van der Waals surface area contributed by atoms with Gasteiger partial charge in [0.2, 0.25) is 10.6 Å². The Morgan fingerprint density at radius 1 is 1.13 bits per heavy atom. The number of benzene rings is 2. The molecule has 240 valence electrons. The van der Waals surface area contributed by atoms with E-state index in [9.17, 15) is 37.3 Å². The Morgan fingerprint density at radius 3 is 2.31 bits per heavy atom. The summed E-state index contributed by atoms with van der Waals surface area (Å²) >= 11 is 19.4. The number of nitrogens with two attached hydrogens (primary N) is 1. The first-order valence-electron chi connectivity index (χ1n) is 12.3. The van der Waals surface area contributed by atoms with Crippen molar-refractivity contribution in [2.75, 3.05) is 11.5 Å². The van der Waals surface area contributed by atoms with Crippen LogP contribution in [-0.2, 0) is 24.1 Å². The first kappa shape index (κ1) is 34.3. The molecule has 0 saturated carbocycles. The fourth-order valence-electron chi connectivity index (χ4n) is 3.97. The largest absolute Gasteiger partial charge is 0.481 e. The number of hydrogen-bond acceptors (Lipinski definition) is 9. The van der Waals surface area contributed by atoms with Crippen molar-refractivity contribution in [2.24, 2.45) is 4.99 Å². The molecular weight excluding hydrogens is 713 g/mol. The lowest BCUT2D eigenvalue weighted by Gasteiger charge is -2.15. The summed E-state index contributed by atoms with van der Waals surface area (Å²) in [6.45, 7) is 1.29. The van der Waals surface area contributed by atoms with Gasteiger partial charge in [-0.2, -0.15) is 18.3 Å². The van der Waals surface area contributed by atoms with Gasteiger partial charge in [-0.1, -0.05) is 34.8 Å². The summed E-state index contributed by atoms with van der Waals surface area (Å²) in [6, 6.07) is 3.79. The fraction of sp³-hybridized carbons (Fsp3) is 0.250. The number of nitrogens with zero attached hydrogens (tertiary/aromatic N) is 6. The van der Waals surface area contributed by atoms with Crippen molar-refractivity contribution in [3.05, 3.63) is 81.5 Å². The van der Waals surface area contributed by atoms with Crippen molar-refractivity contribution in [3.8, 4) is 5.69 Å². The third-order valence-corrected chi connectivity index (χ3v) is 8.91. The molecule has 0 unspecified atom stereocenters. The molecule has 5 rings (SSSR count). The van der Waals surface area contributed by atoms with Crippen LogP contribution in [-0.4, -0.2) is 40.9 Å². The van der Waals surface area contributed by atoms with E-state index >= 15 is 0 Å². The van der Waals surface area contributed by atoms with Gasteiger partial charge in [0.15, 0.2) is 0 Å². The second kappa shape index (κ2) is 13.8. The van der Waals surface area contributed by atoms with Gasteiger partial charge >= 0.3 is 22.7 Å². The quantitative estimate of drug-likeness (QED) is 0.0997. The Morgan fingerprint density at radius 2 is 1.76 bits per heavy atom. The highest BCUT2D eigenvalue weighted by Gasteiger charge is 2.33. The van der Waals surface area contributed by atoms with Gasteiger partial charge in [0.05, 0.1) is 31.3 Å². The van der Waals surface area contributed by atoms with Crippen molar-refractivity contribution >= 4 is 81.1 Å². The van der Waals surface area contributed by atoms with E-state index < -0.39 is 40.0 Å². The number of nitrogen functional groups attached to an aromatic ring is 1. The minimum absolute atomic E-state index is 0.0370. The summed E-state index contributed by atoms with van der Waals surface area (Å²) in [7, 11) is 0. The predicted molar refractivity (Wildman–Crippen MR) is 160 cm³/mol. The fourth-order valence-corrected chi connectivity index (χ4v) is 6.50. The SMILES string of the molecule is Nc1c([N+](=O)[O-])cnn1-c1c(Cl)cc(C(F)(F)F)cc1Cl.O=C(O)CSc1cc(N=c2sc(=O)n3n2CCCC3)c(F)cc1Cl. The van der Waals surface area contributed by atoms with Crippen molar-refractivity contribution in [3.63, 3.8) is 0 Å². The number of carbonyl (C=O) groups is 1. The molecule has 45 heavy (non-hydrogen) atoms. The summed E-state index contributed by atoms with van der Waals surface area (Å²) in [4.78, 5) is 37.6. The predicted octanol–water partition coefficient (Wildman–Crippen LogP) is 6.40.